The SMILES string of the molecule is COC(=O)C1CN(Cc2nnnn2C2CC2)CC1C. The van der Waals surface area contributed by atoms with Gasteiger partial charge in [0.25, 0.3) is 0 Å². The summed E-state index contributed by atoms with van der Waals surface area (Å²) in [6, 6.07) is 0.487. The van der Waals surface area contributed by atoms with E-state index < -0.39 is 0 Å². The predicted molar refractivity (Wildman–Crippen MR) is 66.0 cm³/mol. The van der Waals surface area contributed by atoms with Crippen molar-refractivity contribution in [3.8, 4) is 0 Å². The summed E-state index contributed by atoms with van der Waals surface area (Å²) in [5, 5.41) is 11.9. The van der Waals surface area contributed by atoms with Crippen molar-refractivity contribution in [2.45, 2.75) is 32.4 Å². The maximum Gasteiger partial charge on any atom is 0.310 e. The first kappa shape index (κ1) is 12.5. The second-order valence-electron chi connectivity index (χ2n) is 5.57. The van der Waals surface area contributed by atoms with Crippen LogP contribution in [0.3, 0.4) is 0 Å². The lowest BCUT2D eigenvalue weighted by molar-refractivity contribution is -0.146. The number of likely N-dealkylation sites (tertiary alicyclic amines) is 1. The number of carbonyl (C=O) groups excluding carboxylic acids is 1. The van der Waals surface area contributed by atoms with Crippen LogP contribution in [-0.2, 0) is 16.1 Å². The highest BCUT2D eigenvalue weighted by molar-refractivity contribution is 5.73. The summed E-state index contributed by atoms with van der Waals surface area (Å²) in [7, 11) is 1.45. The van der Waals surface area contributed by atoms with Crippen molar-refractivity contribution < 1.29 is 9.53 Å². The Morgan fingerprint density at radius 3 is 2.89 bits per heavy atom. The third-order valence-electron chi connectivity index (χ3n) is 4.01. The molecule has 7 heteroatoms. The molecule has 0 radical (unpaired) electrons. The Bertz CT molecular complexity index is 470. The molecule has 2 unspecified atom stereocenters. The van der Waals surface area contributed by atoms with Crippen molar-refractivity contribution in [1.29, 1.82) is 0 Å². The van der Waals surface area contributed by atoms with Crippen molar-refractivity contribution in [3.63, 3.8) is 0 Å². The first-order valence-corrected chi connectivity index (χ1v) is 6.76. The fourth-order valence-corrected chi connectivity index (χ4v) is 2.77. The second kappa shape index (κ2) is 4.88. The van der Waals surface area contributed by atoms with Gasteiger partial charge >= 0.3 is 5.97 Å². The zero-order valence-corrected chi connectivity index (χ0v) is 11.3. The van der Waals surface area contributed by atoms with E-state index in [1.54, 1.807) is 0 Å². The van der Waals surface area contributed by atoms with E-state index in [9.17, 15) is 4.79 Å². The monoisotopic (exact) mass is 265 g/mol. The molecule has 1 aromatic heterocycles. The highest BCUT2D eigenvalue weighted by Gasteiger charge is 2.36. The van der Waals surface area contributed by atoms with Crippen LogP contribution in [0.1, 0.15) is 31.6 Å². The quantitative estimate of drug-likeness (QED) is 0.727. The van der Waals surface area contributed by atoms with E-state index in [0.29, 0.717) is 18.5 Å². The second-order valence-corrected chi connectivity index (χ2v) is 5.57. The van der Waals surface area contributed by atoms with E-state index in [1.165, 1.54) is 20.0 Å². The molecule has 2 atom stereocenters. The minimum absolute atomic E-state index is 0.0322. The van der Waals surface area contributed by atoms with Crippen molar-refractivity contribution in [3.05, 3.63) is 5.82 Å². The summed E-state index contributed by atoms with van der Waals surface area (Å²) in [4.78, 5) is 13.9. The van der Waals surface area contributed by atoms with Gasteiger partial charge in [0.2, 0.25) is 0 Å². The van der Waals surface area contributed by atoms with Gasteiger partial charge in [0.15, 0.2) is 5.82 Å². The zero-order valence-electron chi connectivity index (χ0n) is 11.3. The molecule has 1 aliphatic carbocycles. The van der Waals surface area contributed by atoms with Gasteiger partial charge in [0, 0.05) is 13.1 Å². The first-order valence-electron chi connectivity index (χ1n) is 6.76. The average Bonchev–Trinajstić information content (AvgIpc) is 3.04. The van der Waals surface area contributed by atoms with Gasteiger partial charge in [-0.3, -0.25) is 9.69 Å². The van der Waals surface area contributed by atoms with Crippen LogP contribution in [0.2, 0.25) is 0 Å². The van der Waals surface area contributed by atoms with E-state index in [4.69, 9.17) is 4.74 Å². The Labute approximate surface area is 111 Å². The highest BCUT2D eigenvalue weighted by atomic mass is 16.5. The Kier molecular flexibility index (Phi) is 3.22. The standard InChI is InChI=1S/C12H19N5O2/c1-8-5-16(6-10(8)12(18)19-2)7-11-13-14-15-17(11)9-3-4-9/h8-10H,3-7H2,1-2H3. The molecule has 0 bridgehead atoms. The maximum atomic E-state index is 11.7. The number of esters is 1. The van der Waals surface area contributed by atoms with E-state index >= 15 is 0 Å². The molecule has 1 aromatic rings. The summed E-state index contributed by atoms with van der Waals surface area (Å²) >= 11 is 0. The Hall–Kier alpha value is -1.50. The van der Waals surface area contributed by atoms with Crippen molar-refractivity contribution >= 4 is 5.97 Å². The van der Waals surface area contributed by atoms with Crippen LogP contribution in [0.4, 0.5) is 0 Å². The predicted octanol–water partition coefficient (Wildman–Crippen LogP) is 0.249. The van der Waals surface area contributed by atoms with Gasteiger partial charge in [-0.2, -0.15) is 0 Å². The molecular formula is C12H19N5O2. The molecule has 2 heterocycles. The molecule has 1 aliphatic heterocycles. The summed E-state index contributed by atoms with van der Waals surface area (Å²) < 4.78 is 6.78. The van der Waals surface area contributed by atoms with Gasteiger partial charge < -0.3 is 4.74 Å². The van der Waals surface area contributed by atoms with E-state index in [2.05, 4.69) is 27.3 Å². The van der Waals surface area contributed by atoms with Crippen LogP contribution in [-0.4, -0.2) is 51.3 Å². The first-order chi connectivity index (χ1) is 9.19. The van der Waals surface area contributed by atoms with Crippen LogP contribution < -0.4 is 0 Å². The fraction of sp³-hybridized carbons (Fsp3) is 0.833. The van der Waals surface area contributed by atoms with Crippen LogP contribution in [0, 0.1) is 11.8 Å². The van der Waals surface area contributed by atoms with E-state index in [-0.39, 0.29) is 11.9 Å². The lowest BCUT2D eigenvalue weighted by atomic mass is 9.99. The normalized spacial score (nSPS) is 27.7. The van der Waals surface area contributed by atoms with Crippen LogP contribution in [0.15, 0.2) is 0 Å². The van der Waals surface area contributed by atoms with Gasteiger partial charge in [-0.05, 0) is 29.2 Å². The van der Waals surface area contributed by atoms with Gasteiger partial charge in [0.1, 0.15) is 0 Å². The highest BCUT2D eigenvalue weighted by Crippen LogP contribution is 2.35. The van der Waals surface area contributed by atoms with Gasteiger partial charge in [-0.25, -0.2) is 4.68 Å². The molecule has 0 N–H and O–H groups in total. The molecule has 104 valence electrons. The molecule has 2 fully saturated rings. The van der Waals surface area contributed by atoms with Crippen LogP contribution in [0.25, 0.3) is 0 Å². The number of hydrogen-bond acceptors (Lipinski definition) is 6. The van der Waals surface area contributed by atoms with E-state index in [1.807, 2.05) is 4.68 Å². The van der Waals surface area contributed by atoms with Crippen molar-refractivity contribution in [2.75, 3.05) is 20.2 Å². The molecule has 1 saturated carbocycles. The number of ether oxygens (including phenoxy) is 1. The van der Waals surface area contributed by atoms with Gasteiger partial charge in [0.05, 0.1) is 25.6 Å². The molecule has 0 amide bonds. The number of carbonyl (C=O) groups is 1. The number of methoxy groups -OCH3 is 1. The smallest absolute Gasteiger partial charge is 0.310 e. The summed E-state index contributed by atoms with van der Waals surface area (Å²) in [6.45, 7) is 4.41. The molecule has 2 aliphatic rings. The van der Waals surface area contributed by atoms with Crippen LogP contribution in [0.5, 0.6) is 0 Å². The average molecular weight is 265 g/mol. The fourth-order valence-electron chi connectivity index (χ4n) is 2.77. The molecule has 0 spiro atoms. The lowest BCUT2D eigenvalue weighted by Gasteiger charge is -2.14. The van der Waals surface area contributed by atoms with Crippen LogP contribution >= 0.6 is 0 Å². The zero-order chi connectivity index (χ0) is 13.4. The third-order valence-corrected chi connectivity index (χ3v) is 4.01. The number of tetrazole rings is 1. The molecule has 0 aromatic carbocycles. The Balaban J connectivity index is 1.64. The number of aromatic nitrogens is 4. The summed E-state index contributed by atoms with van der Waals surface area (Å²) in [5.74, 6) is 1.07. The maximum absolute atomic E-state index is 11.7. The molecule has 7 nitrogen and oxygen atoms in total. The Morgan fingerprint density at radius 1 is 1.42 bits per heavy atom. The molecule has 1 saturated heterocycles. The minimum atomic E-state index is -0.114. The topological polar surface area (TPSA) is 73.1 Å². The lowest BCUT2D eigenvalue weighted by Crippen LogP contribution is -2.25. The minimum Gasteiger partial charge on any atom is -0.469 e. The third kappa shape index (κ3) is 2.47. The van der Waals surface area contributed by atoms with E-state index in [0.717, 1.165) is 18.9 Å². The number of rotatable bonds is 4. The largest absolute Gasteiger partial charge is 0.469 e. The molecule has 3 rings (SSSR count). The molecule has 19 heavy (non-hydrogen) atoms. The van der Waals surface area contributed by atoms with Gasteiger partial charge in [-0.15, -0.1) is 5.10 Å². The van der Waals surface area contributed by atoms with Crippen molar-refractivity contribution in [1.82, 2.24) is 25.1 Å². The number of nitrogens with zero attached hydrogens (tertiary/aromatic N) is 5. The van der Waals surface area contributed by atoms with Crippen molar-refractivity contribution in [2.24, 2.45) is 11.8 Å². The van der Waals surface area contributed by atoms with Gasteiger partial charge in [-0.1, -0.05) is 6.92 Å². The number of hydrogen-bond donors (Lipinski definition) is 0. The Morgan fingerprint density at radius 2 is 2.21 bits per heavy atom. The summed E-state index contributed by atoms with van der Waals surface area (Å²) in [5.41, 5.74) is 0. The summed E-state index contributed by atoms with van der Waals surface area (Å²) in [6.07, 6.45) is 2.33. The molecular weight excluding hydrogens is 246 g/mol.